The van der Waals surface area contributed by atoms with Crippen molar-refractivity contribution in [2.24, 2.45) is 5.92 Å². The monoisotopic (exact) mass is 413 g/mol. The number of sulfone groups is 1. The van der Waals surface area contributed by atoms with E-state index in [0.717, 1.165) is 10.9 Å². The predicted octanol–water partition coefficient (Wildman–Crippen LogP) is 3.95. The smallest absolute Gasteiger partial charge is 0.337 e. The summed E-state index contributed by atoms with van der Waals surface area (Å²) in [6.45, 7) is 3.89. The molecule has 0 aliphatic carbocycles. The second-order valence-electron chi connectivity index (χ2n) is 6.80. The van der Waals surface area contributed by atoms with Crippen molar-refractivity contribution in [3.8, 4) is 0 Å². The molecule has 1 aliphatic heterocycles. The molecule has 0 radical (unpaired) electrons. The van der Waals surface area contributed by atoms with E-state index in [9.17, 15) is 18.3 Å². The van der Waals surface area contributed by atoms with Crippen molar-refractivity contribution in [1.29, 1.82) is 0 Å². The molecular formula is C17H20BrNO4S. The van der Waals surface area contributed by atoms with E-state index in [4.69, 9.17) is 0 Å². The highest BCUT2D eigenvalue weighted by atomic mass is 79.9. The number of H-pyrrole nitrogens is 1. The summed E-state index contributed by atoms with van der Waals surface area (Å²) in [6, 6.07) is 3.48. The Bertz CT molecular complexity index is 901. The molecule has 7 heteroatoms. The number of carbonyl (C=O) groups is 1. The molecule has 1 aromatic carbocycles. The van der Waals surface area contributed by atoms with E-state index >= 15 is 0 Å². The standard InChI is InChI=1S/C17H20BrNO4S/c1-9(2)15-5-10(3-4-24(15,22)23)14-8-19-16-12(14)6-11(18)7-13(16)17(20)21/h6-10,15,19H,3-5H2,1-2H3,(H,20,21). The van der Waals surface area contributed by atoms with Crippen molar-refractivity contribution in [3.63, 3.8) is 0 Å². The molecule has 0 saturated carbocycles. The number of nitrogens with one attached hydrogen (secondary N) is 1. The molecular weight excluding hydrogens is 394 g/mol. The Balaban J connectivity index is 2.06. The SMILES string of the molecule is CC(C)C1CC(c2c[nH]c3c(C(=O)O)cc(Br)cc23)CCS1(=O)=O. The first-order valence-electron chi connectivity index (χ1n) is 7.96. The average Bonchev–Trinajstić information content (AvgIpc) is 2.89. The highest BCUT2D eigenvalue weighted by Crippen LogP contribution is 2.40. The van der Waals surface area contributed by atoms with Gasteiger partial charge >= 0.3 is 5.97 Å². The molecule has 2 atom stereocenters. The maximum Gasteiger partial charge on any atom is 0.337 e. The lowest BCUT2D eigenvalue weighted by Gasteiger charge is -2.31. The van der Waals surface area contributed by atoms with Crippen LogP contribution in [0.3, 0.4) is 0 Å². The van der Waals surface area contributed by atoms with Crippen molar-refractivity contribution >= 4 is 42.6 Å². The van der Waals surface area contributed by atoms with E-state index in [1.807, 2.05) is 26.1 Å². The zero-order valence-corrected chi connectivity index (χ0v) is 15.9. The Morgan fingerprint density at radius 1 is 1.38 bits per heavy atom. The van der Waals surface area contributed by atoms with Gasteiger partial charge in [0.25, 0.3) is 0 Å². The van der Waals surface area contributed by atoms with E-state index in [0.29, 0.717) is 22.8 Å². The summed E-state index contributed by atoms with van der Waals surface area (Å²) in [5.74, 6) is -0.608. The number of halogens is 1. The number of aromatic amines is 1. The van der Waals surface area contributed by atoms with E-state index in [-0.39, 0.29) is 28.4 Å². The van der Waals surface area contributed by atoms with Gasteiger partial charge in [-0.2, -0.15) is 0 Å². The quantitative estimate of drug-likeness (QED) is 0.797. The van der Waals surface area contributed by atoms with Crippen LogP contribution in [0.15, 0.2) is 22.8 Å². The largest absolute Gasteiger partial charge is 0.478 e. The average molecular weight is 414 g/mol. The molecule has 2 unspecified atom stereocenters. The molecule has 0 bridgehead atoms. The second kappa shape index (κ2) is 6.19. The molecule has 2 aromatic rings. The molecule has 5 nitrogen and oxygen atoms in total. The topological polar surface area (TPSA) is 87.2 Å². The Hall–Kier alpha value is -1.34. The summed E-state index contributed by atoms with van der Waals surface area (Å²) in [5, 5.41) is 9.90. The van der Waals surface area contributed by atoms with Crippen LogP contribution in [0.25, 0.3) is 10.9 Å². The molecule has 2 N–H and O–H groups in total. The van der Waals surface area contributed by atoms with Crippen LogP contribution in [0.4, 0.5) is 0 Å². The van der Waals surface area contributed by atoms with E-state index in [1.54, 1.807) is 6.07 Å². The van der Waals surface area contributed by atoms with Crippen molar-refractivity contribution in [1.82, 2.24) is 4.98 Å². The van der Waals surface area contributed by atoms with Gasteiger partial charge in [-0.3, -0.25) is 0 Å². The molecule has 1 aliphatic rings. The van der Waals surface area contributed by atoms with E-state index < -0.39 is 15.8 Å². The Labute approximate surface area is 149 Å². The van der Waals surface area contributed by atoms with Crippen LogP contribution in [0, 0.1) is 5.92 Å². The summed E-state index contributed by atoms with van der Waals surface area (Å²) in [7, 11) is -3.04. The normalized spacial score (nSPS) is 23.7. The molecule has 1 aromatic heterocycles. The van der Waals surface area contributed by atoms with Gasteiger partial charge in [0.05, 0.1) is 22.1 Å². The van der Waals surface area contributed by atoms with Crippen molar-refractivity contribution < 1.29 is 18.3 Å². The second-order valence-corrected chi connectivity index (χ2v) is 10.1. The number of rotatable bonds is 3. The van der Waals surface area contributed by atoms with Gasteiger partial charge < -0.3 is 10.1 Å². The van der Waals surface area contributed by atoms with E-state index in [1.165, 1.54) is 0 Å². The van der Waals surface area contributed by atoms with Gasteiger partial charge in [-0.15, -0.1) is 0 Å². The van der Waals surface area contributed by atoms with Crippen LogP contribution >= 0.6 is 15.9 Å². The first-order chi connectivity index (χ1) is 11.2. The summed E-state index contributed by atoms with van der Waals surface area (Å²) >= 11 is 3.37. The molecule has 0 spiro atoms. The highest BCUT2D eigenvalue weighted by molar-refractivity contribution is 9.10. The summed E-state index contributed by atoms with van der Waals surface area (Å²) in [4.78, 5) is 14.5. The lowest BCUT2D eigenvalue weighted by Crippen LogP contribution is -2.35. The van der Waals surface area contributed by atoms with Crippen LogP contribution in [0.1, 0.15) is 48.5 Å². The minimum absolute atomic E-state index is 0.0734. The van der Waals surface area contributed by atoms with E-state index in [2.05, 4.69) is 20.9 Å². The molecule has 1 saturated heterocycles. The van der Waals surface area contributed by atoms with Crippen LogP contribution in [0.2, 0.25) is 0 Å². The summed E-state index contributed by atoms with van der Waals surface area (Å²) in [6.07, 6.45) is 3.00. The van der Waals surface area contributed by atoms with Gasteiger partial charge in [-0.1, -0.05) is 29.8 Å². The fourth-order valence-corrected chi connectivity index (χ4v) is 6.42. The van der Waals surface area contributed by atoms with Crippen LogP contribution in [-0.2, 0) is 9.84 Å². The number of aromatic nitrogens is 1. The third-order valence-corrected chi connectivity index (χ3v) is 7.85. The summed E-state index contributed by atoms with van der Waals surface area (Å²) in [5.41, 5.74) is 1.82. The molecule has 24 heavy (non-hydrogen) atoms. The van der Waals surface area contributed by atoms with Gasteiger partial charge in [0.15, 0.2) is 9.84 Å². The van der Waals surface area contributed by atoms with Crippen LogP contribution in [0.5, 0.6) is 0 Å². The third kappa shape index (κ3) is 2.99. The maximum absolute atomic E-state index is 12.3. The van der Waals surface area contributed by atoms with Gasteiger partial charge in [0.2, 0.25) is 0 Å². The number of hydrogen-bond acceptors (Lipinski definition) is 3. The van der Waals surface area contributed by atoms with Crippen molar-refractivity contribution in [2.75, 3.05) is 5.75 Å². The number of hydrogen-bond donors (Lipinski definition) is 2. The lowest BCUT2D eigenvalue weighted by atomic mass is 9.88. The third-order valence-electron chi connectivity index (χ3n) is 4.93. The Kier molecular flexibility index (Phi) is 4.51. The number of fused-ring (bicyclic) bond motifs is 1. The van der Waals surface area contributed by atoms with Crippen LogP contribution in [-0.4, -0.2) is 35.5 Å². The molecule has 2 heterocycles. The number of aromatic carboxylic acids is 1. The fraction of sp³-hybridized carbons (Fsp3) is 0.471. The van der Waals surface area contributed by atoms with Crippen molar-refractivity contribution in [3.05, 3.63) is 33.9 Å². The summed E-state index contributed by atoms with van der Waals surface area (Å²) < 4.78 is 25.3. The Morgan fingerprint density at radius 3 is 2.71 bits per heavy atom. The van der Waals surface area contributed by atoms with Crippen molar-refractivity contribution in [2.45, 2.75) is 37.9 Å². The molecule has 3 rings (SSSR count). The van der Waals surface area contributed by atoms with Gasteiger partial charge in [0.1, 0.15) is 0 Å². The first kappa shape index (κ1) is 17.5. The van der Waals surface area contributed by atoms with Gasteiger partial charge in [-0.05, 0) is 42.4 Å². The predicted molar refractivity (Wildman–Crippen MR) is 97.3 cm³/mol. The molecule has 0 amide bonds. The highest BCUT2D eigenvalue weighted by Gasteiger charge is 2.37. The lowest BCUT2D eigenvalue weighted by molar-refractivity contribution is 0.0698. The zero-order valence-electron chi connectivity index (χ0n) is 13.5. The molecule has 130 valence electrons. The fourth-order valence-electron chi connectivity index (χ4n) is 3.70. The zero-order chi connectivity index (χ0) is 17.6. The minimum Gasteiger partial charge on any atom is -0.478 e. The van der Waals surface area contributed by atoms with Gasteiger partial charge in [-0.25, -0.2) is 13.2 Å². The number of carboxylic acid groups (broad SMARTS) is 1. The first-order valence-corrected chi connectivity index (χ1v) is 10.5. The maximum atomic E-state index is 12.3. The van der Waals surface area contributed by atoms with Crippen LogP contribution < -0.4 is 0 Å². The number of benzene rings is 1. The Morgan fingerprint density at radius 2 is 2.08 bits per heavy atom. The van der Waals surface area contributed by atoms with Gasteiger partial charge in [0, 0.05) is 16.1 Å². The number of carboxylic acids is 1. The minimum atomic E-state index is -3.04. The molecule has 1 fully saturated rings.